The molecule has 5 heteroatoms. The summed E-state index contributed by atoms with van der Waals surface area (Å²) in [6.45, 7) is 2.92. The fourth-order valence-electron chi connectivity index (χ4n) is 1.37. The molecule has 0 saturated carbocycles. The van der Waals surface area contributed by atoms with Crippen molar-refractivity contribution in [3.05, 3.63) is 20.8 Å². The van der Waals surface area contributed by atoms with Crippen LogP contribution in [-0.4, -0.2) is 23.7 Å². The zero-order valence-electron chi connectivity index (χ0n) is 9.20. The predicted molar refractivity (Wildman–Crippen MR) is 70.1 cm³/mol. The van der Waals surface area contributed by atoms with Crippen molar-refractivity contribution in [2.45, 2.75) is 32.2 Å². The molecule has 0 aliphatic rings. The van der Waals surface area contributed by atoms with Gasteiger partial charge in [0, 0.05) is 23.9 Å². The van der Waals surface area contributed by atoms with Gasteiger partial charge in [-0.25, -0.2) is 0 Å². The van der Waals surface area contributed by atoms with Gasteiger partial charge in [-0.2, -0.15) is 0 Å². The van der Waals surface area contributed by atoms with Crippen LogP contribution < -0.4 is 5.32 Å². The molecule has 0 aliphatic carbocycles. The summed E-state index contributed by atoms with van der Waals surface area (Å²) in [6, 6.07) is 4.42. The maximum atomic E-state index is 10.4. The number of carboxylic acid groups (broad SMARTS) is 1. The Morgan fingerprint density at radius 3 is 2.94 bits per heavy atom. The second kappa shape index (κ2) is 7.04. The molecule has 1 heterocycles. The summed E-state index contributed by atoms with van der Waals surface area (Å²) >= 11 is 5.17. The minimum Gasteiger partial charge on any atom is -0.481 e. The standard InChI is InChI=1S/C11H16BrNO2S/c1-8(2-5-11(14)15)13-7-6-9-3-4-10(12)16-9/h3-4,8,13H,2,5-7H2,1H3,(H,14,15). The summed E-state index contributed by atoms with van der Waals surface area (Å²) in [5, 5.41) is 11.9. The van der Waals surface area contributed by atoms with E-state index in [1.54, 1.807) is 11.3 Å². The van der Waals surface area contributed by atoms with Gasteiger partial charge in [-0.1, -0.05) is 0 Å². The first kappa shape index (κ1) is 13.7. The number of rotatable bonds is 7. The summed E-state index contributed by atoms with van der Waals surface area (Å²) in [6.07, 6.45) is 1.91. The first-order chi connectivity index (χ1) is 7.58. The lowest BCUT2D eigenvalue weighted by molar-refractivity contribution is -0.137. The molecule has 0 fully saturated rings. The second-order valence-corrected chi connectivity index (χ2v) is 6.29. The lowest BCUT2D eigenvalue weighted by Crippen LogP contribution is -2.28. The van der Waals surface area contributed by atoms with E-state index in [-0.39, 0.29) is 12.5 Å². The van der Waals surface area contributed by atoms with E-state index < -0.39 is 5.97 Å². The van der Waals surface area contributed by atoms with Gasteiger partial charge in [-0.05, 0) is 47.8 Å². The molecule has 90 valence electrons. The average Bonchev–Trinajstić information content (AvgIpc) is 2.61. The van der Waals surface area contributed by atoms with Crippen LogP contribution in [-0.2, 0) is 11.2 Å². The van der Waals surface area contributed by atoms with Gasteiger partial charge >= 0.3 is 5.97 Å². The molecule has 0 aliphatic heterocycles. The molecule has 1 unspecified atom stereocenters. The summed E-state index contributed by atoms with van der Waals surface area (Å²) < 4.78 is 1.15. The Hall–Kier alpha value is -0.390. The summed E-state index contributed by atoms with van der Waals surface area (Å²) in [5.41, 5.74) is 0. The lowest BCUT2D eigenvalue weighted by atomic mass is 10.2. The molecule has 0 spiro atoms. The van der Waals surface area contributed by atoms with Crippen molar-refractivity contribution in [2.75, 3.05) is 6.54 Å². The Kier molecular flexibility index (Phi) is 6.01. The van der Waals surface area contributed by atoms with Crippen LogP contribution >= 0.6 is 27.3 Å². The van der Waals surface area contributed by atoms with Gasteiger partial charge in [0.2, 0.25) is 0 Å². The maximum absolute atomic E-state index is 10.4. The molecule has 1 aromatic rings. The molecule has 1 aromatic heterocycles. The normalized spacial score (nSPS) is 12.6. The smallest absolute Gasteiger partial charge is 0.303 e. The SMILES string of the molecule is CC(CCC(=O)O)NCCc1ccc(Br)s1. The van der Waals surface area contributed by atoms with E-state index in [4.69, 9.17) is 5.11 Å². The molecule has 0 saturated heterocycles. The molecule has 0 amide bonds. The molecular weight excluding hydrogens is 290 g/mol. The van der Waals surface area contributed by atoms with E-state index in [1.807, 2.05) is 13.0 Å². The number of aliphatic carboxylic acids is 1. The third-order valence-electron chi connectivity index (χ3n) is 2.28. The van der Waals surface area contributed by atoms with Gasteiger partial charge in [-0.15, -0.1) is 11.3 Å². The molecule has 2 N–H and O–H groups in total. The number of carboxylic acids is 1. The van der Waals surface area contributed by atoms with E-state index in [0.717, 1.165) is 16.8 Å². The average molecular weight is 306 g/mol. The highest BCUT2D eigenvalue weighted by Gasteiger charge is 2.04. The van der Waals surface area contributed by atoms with Gasteiger partial charge in [0.25, 0.3) is 0 Å². The highest BCUT2D eigenvalue weighted by molar-refractivity contribution is 9.11. The largest absolute Gasteiger partial charge is 0.481 e. The Morgan fingerprint density at radius 1 is 1.62 bits per heavy atom. The van der Waals surface area contributed by atoms with Crippen LogP contribution in [0, 0.1) is 0 Å². The molecular formula is C11H16BrNO2S. The minimum atomic E-state index is -0.726. The lowest BCUT2D eigenvalue weighted by Gasteiger charge is -2.11. The first-order valence-corrected chi connectivity index (χ1v) is 6.88. The van der Waals surface area contributed by atoms with Crippen molar-refractivity contribution in [3.8, 4) is 0 Å². The van der Waals surface area contributed by atoms with Crippen LogP contribution in [0.25, 0.3) is 0 Å². The van der Waals surface area contributed by atoms with Gasteiger partial charge in [0.15, 0.2) is 0 Å². The summed E-state index contributed by atoms with van der Waals surface area (Å²) in [4.78, 5) is 11.7. The topological polar surface area (TPSA) is 49.3 Å². The Labute approximate surface area is 108 Å². The fraction of sp³-hybridized carbons (Fsp3) is 0.545. The molecule has 3 nitrogen and oxygen atoms in total. The highest BCUT2D eigenvalue weighted by Crippen LogP contribution is 2.22. The van der Waals surface area contributed by atoms with Crippen molar-refractivity contribution in [3.63, 3.8) is 0 Å². The number of nitrogens with one attached hydrogen (secondary N) is 1. The monoisotopic (exact) mass is 305 g/mol. The van der Waals surface area contributed by atoms with E-state index in [2.05, 4.69) is 27.3 Å². The Bertz CT molecular complexity index is 340. The van der Waals surface area contributed by atoms with Crippen LogP contribution in [0.1, 0.15) is 24.6 Å². The zero-order valence-corrected chi connectivity index (χ0v) is 11.6. The van der Waals surface area contributed by atoms with Crippen molar-refractivity contribution < 1.29 is 9.90 Å². The molecule has 0 radical (unpaired) electrons. The second-order valence-electron chi connectivity index (χ2n) is 3.74. The van der Waals surface area contributed by atoms with Crippen LogP contribution in [0.15, 0.2) is 15.9 Å². The Morgan fingerprint density at radius 2 is 2.38 bits per heavy atom. The summed E-state index contributed by atoms with van der Waals surface area (Å²) in [7, 11) is 0. The number of carbonyl (C=O) groups is 1. The maximum Gasteiger partial charge on any atom is 0.303 e. The highest BCUT2D eigenvalue weighted by atomic mass is 79.9. The van der Waals surface area contributed by atoms with Crippen molar-refractivity contribution >= 4 is 33.2 Å². The van der Waals surface area contributed by atoms with E-state index in [1.165, 1.54) is 4.88 Å². The van der Waals surface area contributed by atoms with E-state index in [0.29, 0.717) is 6.42 Å². The van der Waals surface area contributed by atoms with Gasteiger partial charge in [-0.3, -0.25) is 4.79 Å². The van der Waals surface area contributed by atoms with Crippen LogP contribution in [0.5, 0.6) is 0 Å². The van der Waals surface area contributed by atoms with Crippen molar-refractivity contribution in [1.82, 2.24) is 5.32 Å². The van der Waals surface area contributed by atoms with Gasteiger partial charge in [0.1, 0.15) is 0 Å². The first-order valence-electron chi connectivity index (χ1n) is 5.27. The number of halogens is 1. The van der Waals surface area contributed by atoms with Crippen molar-refractivity contribution in [1.29, 1.82) is 0 Å². The van der Waals surface area contributed by atoms with Crippen LogP contribution in [0.3, 0.4) is 0 Å². The number of thiophene rings is 1. The fourth-order valence-corrected chi connectivity index (χ4v) is 2.85. The van der Waals surface area contributed by atoms with Gasteiger partial charge < -0.3 is 10.4 Å². The zero-order chi connectivity index (χ0) is 12.0. The number of hydrogen-bond donors (Lipinski definition) is 2. The van der Waals surface area contributed by atoms with E-state index in [9.17, 15) is 4.79 Å². The third-order valence-corrected chi connectivity index (χ3v) is 3.97. The quantitative estimate of drug-likeness (QED) is 0.814. The third kappa shape index (κ3) is 5.63. The van der Waals surface area contributed by atoms with Crippen LogP contribution in [0.4, 0.5) is 0 Å². The van der Waals surface area contributed by atoms with Gasteiger partial charge in [0.05, 0.1) is 3.79 Å². The summed E-state index contributed by atoms with van der Waals surface area (Å²) in [5.74, 6) is -0.726. The minimum absolute atomic E-state index is 0.235. The Balaban J connectivity index is 2.13. The predicted octanol–water partition coefficient (Wildman–Crippen LogP) is 2.90. The molecule has 16 heavy (non-hydrogen) atoms. The van der Waals surface area contributed by atoms with Crippen LogP contribution in [0.2, 0.25) is 0 Å². The molecule has 1 atom stereocenters. The molecule has 0 bridgehead atoms. The molecule has 1 rings (SSSR count). The van der Waals surface area contributed by atoms with E-state index >= 15 is 0 Å². The van der Waals surface area contributed by atoms with Crippen molar-refractivity contribution in [2.24, 2.45) is 0 Å². The molecule has 0 aromatic carbocycles. The number of hydrogen-bond acceptors (Lipinski definition) is 3.